The number of nitrogens with zero attached hydrogens (tertiary/aromatic N) is 1. The van der Waals surface area contributed by atoms with Crippen LogP contribution in [-0.2, 0) is 4.79 Å². The summed E-state index contributed by atoms with van der Waals surface area (Å²) in [5, 5.41) is 6.75. The van der Waals surface area contributed by atoms with Crippen molar-refractivity contribution in [2.45, 2.75) is 43.6 Å². The van der Waals surface area contributed by atoms with Gasteiger partial charge in [0.05, 0.1) is 10.6 Å². The van der Waals surface area contributed by atoms with E-state index in [2.05, 4.69) is 20.6 Å². The zero-order chi connectivity index (χ0) is 22.1. The summed E-state index contributed by atoms with van der Waals surface area (Å²) in [7, 11) is 0. The zero-order valence-electron chi connectivity index (χ0n) is 16.8. The molecule has 3 rings (SSSR count). The topological polar surface area (TPSA) is 104 Å². The van der Waals surface area contributed by atoms with Crippen LogP contribution in [0.1, 0.15) is 27.7 Å². The van der Waals surface area contributed by atoms with Crippen molar-refractivity contribution in [2.75, 3.05) is 0 Å². The normalized spacial score (nSPS) is 12.6. The molecule has 7 nitrogen and oxygen atoms in total. The number of thioether (sulfide) groups is 1. The van der Waals surface area contributed by atoms with Gasteiger partial charge >= 0.3 is 6.03 Å². The average molecular weight is 449 g/mol. The van der Waals surface area contributed by atoms with Crippen molar-refractivity contribution in [3.63, 3.8) is 0 Å². The molecule has 0 saturated carbocycles. The van der Waals surface area contributed by atoms with Crippen LogP contribution in [0.5, 0.6) is 0 Å². The summed E-state index contributed by atoms with van der Waals surface area (Å²) in [6.07, 6.45) is 0. The number of urea groups is 1. The van der Waals surface area contributed by atoms with Gasteiger partial charge in [0.1, 0.15) is 10.6 Å². The molecule has 2 heterocycles. The smallest absolute Gasteiger partial charge is 0.321 e. The lowest BCUT2D eigenvalue weighted by molar-refractivity contribution is -0.119. The highest BCUT2D eigenvalue weighted by Gasteiger charge is 2.22. The maximum Gasteiger partial charge on any atom is 0.321 e. The highest BCUT2D eigenvalue weighted by molar-refractivity contribution is 8.00. The van der Waals surface area contributed by atoms with E-state index in [0.717, 1.165) is 11.8 Å². The molecule has 3 amide bonds. The molecule has 1 aromatic carbocycles. The molecule has 1 unspecified atom stereocenters. The minimum atomic E-state index is -0.659. The number of imide groups is 1. The van der Waals surface area contributed by atoms with Crippen LogP contribution in [0.2, 0.25) is 0 Å². The van der Waals surface area contributed by atoms with Crippen LogP contribution in [0, 0.1) is 5.82 Å². The zero-order valence-corrected chi connectivity index (χ0v) is 18.5. The van der Waals surface area contributed by atoms with Crippen molar-refractivity contribution in [3.8, 4) is 11.1 Å². The number of rotatable bonds is 4. The third kappa shape index (κ3) is 5.25. The molecule has 1 atom stereocenters. The first-order valence-electron chi connectivity index (χ1n) is 9.10. The molecule has 30 heavy (non-hydrogen) atoms. The number of H-pyrrole nitrogens is 1. The van der Waals surface area contributed by atoms with Crippen LogP contribution in [-0.4, -0.2) is 32.7 Å². The van der Waals surface area contributed by atoms with Crippen molar-refractivity contribution in [2.24, 2.45) is 0 Å². The standard InChI is InChI=1S/C20H21FN4O3S2/c1-10(15(26)22-18(28)25-20(2,3)4)30-19-23-16(27)14-13(9-29-17(14)24-19)11-5-7-12(21)8-6-11/h5-10H,1-4H3,(H,23,24,27)(H2,22,25,26,28). The molecular formula is C20H21FN4O3S2. The van der Waals surface area contributed by atoms with Gasteiger partial charge < -0.3 is 10.3 Å². The van der Waals surface area contributed by atoms with Gasteiger partial charge in [-0.3, -0.25) is 14.9 Å². The average Bonchev–Trinajstić information content (AvgIpc) is 3.05. The first-order valence-corrected chi connectivity index (χ1v) is 10.9. The molecule has 3 N–H and O–H groups in total. The van der Waals surface area contributed by atoms with Gasteiger partial charge in [-0.15, -0.1) is 11.3 Å². The molecule has 0 saturated heterocycles. The van der Waals surface area contributed by atoms with Crippen LogP contribution in [0.3, 0.4) is 0 Å². The number of aromatic nitrogens is 2. The minimum absolute atomic E-state index is 0.277. The lowest BCUT2D eigenvalue weighted by Crippen LogP contribution is -2.49. The summed E-state index contributed by atoms with van der Waals surface area (Å²) < 4.78 is 13.2. The largest absolute Gasteiger partial charge is 0.333 e. The SMILES string of the molecule is CC(Sc1nc2scc(-c3ccc(F)cc3)c2c(=O)[nH]1)C(=O)NC(=O)NC(C)(C)C. The number of hydrogen-bond acceptors (Lipinski definition) is 6. The van der Waals surface area contributed by atoms with Crippen molar-refractivity contribution in [1.29, 1.82) is 0 Å². The van der Waals surface area contributed by atoms with Gasteiger partial charge in [-0.25, -0.2) is 14.2 Å². The fraction of sp³-hybridized carbons (Fsp3) is 0.300. The highest BCUT2D eigenvalue weighted by atomic mass is 32.2. The number of nitrogens with one attached hydrogen (secondary N) is 3. The molecule has 0 aliphatic carbocycles. The van der Waals surface area contributed by atoms with E-state index in [1.54, 1.807) is 45.2 Å². The Labute approximate surface area is 180 Å². The van der Waals surface area contributed by atoms with E-state index in [4.69, 9.17) is 0 Å². The Morgan fingerprint density at radius 1 is 1.23 bits per heavy atom. The number of halogens is 1. The maximum atomic E-state index is 13.2. The fourth-order valence-electron chi connectivity index (χ4n) is 2.63. The Hall–Kier alpha value is -2.72. The molecule has 3 aromatic rings. The second-order valence-corrected chi connectivity index (χ2v) is 9.85. The van der Waals surface area contributed by atoms with Crippen LogP contribution >= 0.6 is 23.1 Å². The van der Waals surface area contributed by atoms with Gasteiger partial charge in [0.2, 0.25) is 5.91 Å². The molecule has 0 radical (unpaired) electrons. The number of fused-ring (bicyclic) bond motifs is 1. The Balaban J connectivity index is 1.78. The van der Waals surface area contributed by atoms with E-state index < -0.39 is 22.7 Å². The summed E-state index contributed by atoms with van der Waals surface area (Å²) in [5.41, 5.74) is 0.569. The molecule has 0 fully saturated rings. The van der Waals surface area contributed by atoms with Crippen LogP contribution < -0.4 is 16.2 Å². The second kappa shape index (κ2) is 8.57. The molecule has 10 heteroatoms. The minimum Gasteiger partial charge on any atom is -0.333 e. The quantitative estimate of drug-likeness (QED) is 0.415. The van der Waals surface area contributed by atoms with Gasteiger partial charge in [-0.1, -0.05) is 23.9 Å². The Kier molecular flexibility index (Phi) is 6.27. The molecule has 0 aliphatic heterocycles. The van der Waals surface area contributed by atoms with Crippen molar-refractivity contribution in [3.05, 3.63) is 45.8 Å². The van der Waals surface area contributed by atoms with E-state index in [9.17, 15) is 18.8 Å². The van der Waals surface area contributed by atoms with Gasteiger partial charge in [0, 0.05) is 16.5 Å². The lowest BCUT2D eigenvalue weighted by atomic mass is 10.1. The van der Waals surface area contributed by atoms with Crippen molar-refractivity contribution in [1.82, 2.24) is 20.6 Å². The molecule has 2 aromatic heterocycles. The lowest BCUT2D eigenvalue weighted by Gasteiger charge is -2.21. The van der Waals surface area contributed by atoms with Gasteiger partial charge in [0.15, 0.2) is 5.16 Å². The molecular weight excluding hydrogens is 427 g/mol. The number of aromatic amines is 1. The summed E-state index contributed by atoms with van der Waals surface area (Å²) in [6.45, 7) is 7.04. The van der Waals surface area contributed by atoms with Crippen LogP contribution in [0.25, 0.3) is 21.3 Å². The fourth-order valence-corrected chi connectivity index (χ4v) is 4.44. The summed E-state index contributed by atoms with van der Waals surface area (Å²) in [5.74, 6) is -0.852. The summed E-state index contributed by atoms with van der Waals surface area (Å²) in [4.78, 5) is 44.4. The van der Waals surface area contributed by atoms with E-state index in [0.29, 0.717) is 21.3 Å². The van der Waals surface area contributed by atoms with Gasteiger partial charge in [-0.05, 0) is 45.4 Å². The van der Waals surface area contributed by atoms with Crippen molar-refractivity contribution < 1.29 is 14.0 Å². The molecule has 0 bridgehead atoms. The molecule has 0 spiro atoms. The maximum absolute atomic E-state index is 13.2. The van der Waals surface area contributed by atoms with Crippen LogP contribution in [0.4, 0.5) is 9.18 Å². The highest BCUT2D eigenvalue weighted by Crippen LogP contribution is 2.32. The monoisotopic (exact) mass is 448 g/mol. The number of thiophene rings is 1. The Morgan fingerprint density at radius 3 is 2.53 bits per heavy atom. The van der Waals surface area contributed by atoms with E-state index in [1.807, 2.05) is 0 Å². The Morgan fingerprint density at radius 2 is 1.90 bits per heavy atom. The predicted octanol–water partition coefficient (Wildman–Crippen LogP) is 3.90. The number of carbonyl (C=O) groups is 2. The van der Waals surface area contributed by atoms with Crippen molar-refractivity contribution >= 4 is 45.3 Å². The second-order valence-electron chi connectivity index (χ2n) is 7.66. The summed E-state index contributed by atoms with van der Waals surface area (Å²) in [6, 6.07) is 5.29. The van der Waals surface area contributed by atoms with E-state index in [1.165, 1.54) is 23.5 Å². The van der Waals surface area contributed by atoms with E-state index in [-0.39, 0.29) is 16.5 Å². The summed E-state index contributed by atoms with van der Waals surface area (Å²) >= 11 is 2.34. The predicted molar refractivity (Wildman–Crippen MR) is 117 cm³/mol. The number of hydrogen-bond donors (Lipinski definition) is 3. The molecule has 0 aliphatic rings. The third-order valence-corrected chi connectivity index (χ3v) is 5.82. The van der Waals surface area contributed by atoms with Gasteiger partial charge in [0.25, 0.3) is 5.56 Å². The van der Waals surface area contributed by atoms with E-state index >= 15 is 0 Å². The number of benzene rings is 1. The molecule has 158 valence electrons. The van der Waals surface area contributed by atoms with Gasteiger partial charge in [-0.2, -0.15) is 0 Å². The third-order valence-electron chi connectivity index (χ3n) is 3.96. The number of amides is 3. The first kappa shape index (κ1) is 22.0. The first-order chi connectivity index (χ1) is 14.0. The Bertz CT molecular complexity index is 1150. The number of carbonyl (C=O) groups excluding carboxylic acids is 2. The van der Waals surface area contributed by atoms with Crippen LogP contribution in [0.15, 0.2) is 39.6 Å².